The molecule has 172 valence electrons. The molecule has 3 rings (SSSR count). The number of rotatable bonds is 11. The highest BCUT2D eigenvalue weighted by Gasteiger charge is 2.31. The number of cyclic esters (lactones) is 1. The van der Waals surface area contributed by atoms with Crippen molar-refractivity contribution in [1.29, 1.82) is 0 Å². The zero-order valence-electron chi connectivity index (χ0n) is 19.2. The molecule has 0 N–H and O–H groups in total. The quantitative estimate of drug-likeness (QED) is 0.302. The monoisotopic (exact) mass is 438 g/mol. The van der Waals surface area contributed by atoms with Gasteiger partial charge in [0.1, 0.15) is 5.75 Å². The standard InChI is InChI=1S/C27H34O5/c1-3-4-5-6-7-8-19-30-24-16-14-22(15-17-24)21-10-12-23(13-11-21)26(28)32-25-18-9-20(2)31-27(25)29/h10-17,20,25H,3-9,18-19H2,1-2H3. The van der Waals surface area contributed by atoms with E-state index in [-0.39, 0.29) is 6.10 Å². The Morgan fingerprint density at radius 3 is 2.19 bits per heavy atom. The first kappa shape index (κ1) is 23.8. The largest absolute Gasteiger partial charge is 0.494 e. The van der Waals surface area contributed by atoms with E-state index in [1.54, 1.807) is 12.1 Å². The summed E-state index contributed by atoms with van der Waals surface area (Å²) in [5.74, 6) is -0.102. The molecule has 2 aromatic rings. The Bertz CT molecular complexity index is 857. The molecule has 32 heavy (non-hydrogen) atoms. The van der Waals surface area contributed by atoms with E-state index in [1.807, 2.05) is 43.3 Å². The van der Waals surface area contributed by atoms with Crippen LogP contribution in [0, 0.1) is 0 Å². The average molecular weight is 439 g/mol. The third-order valence-electron chi connectivity index (χ3n) is 5.74. The van der Waals surface area contributed by atoms with Crippen LogP contribution < -0.4 is 4.74 Å². The fraction of sp³-hybridized carbons (Fsp3) is 0.481. The van der Waals surface area contributed by atoms with Gasteiger partial charge in [0.15, 0.2) is 6.10 Å². The molecule has 1 aliphatic heterocycles. The van der Waals surface area contributed by atoms with Crippen molar-refractivity contribution >= 4 is 11.9 Å². The summed E-state index contributed by atoms with van der Waals surface area (Å²) >= 11 is 0. The Balaban J connectivity index is 1.47. The van der Waals surface area contributed by atoms with Gasteiger partial charge in [-0.1, -0.05) is 63.3 Å². The number of carbonyl (C=O) groups is 2. The minimum absolute atomic E-state index is 0.121. The van der Waals surface area contributed by atoms with E-state index in [0.717, 1.165) is 29.9 Å². The molecule has 2 unspecified atom stereocenters. The maximum absolute atomic E-state index is 12.4. The Morgan fingerprint density at radius 1 is 0.906 bits per heavy atom. The van der Waals surface area contributed by atoms with Crippen molar-refractivity contribution in [1.82, 2.24) is 0 Å². The topological polar surface area (TPSA) is 61.8 Å². The van der Waals surface area contributed by atoms with Gasteiger partial charge in [-0.3, -0.25) is 0 Å². The fourth-order valence-corrected chi connectivity index (χ4v) is 3.76. The summed E-state index contributed by atoms with van der Waals surface area (Å²) in [6.45, 7) is 4.81. The number of ether oxygens (including phenoxy) is 3. The molecule has 1 heterocycles. The molecule has 0 bridgehead atoms. The molecule has 0 aromatic heterocycles. The van der Waals surface area contributed by atoms with Crippen LogP contribution in [0.4, 0.5) is 0 Å². The van der Waals surface area contributed by atoms with E-state index in [1.165, 1.54) is 32.1 Å². The summed E-state index contributed by atoms with van der Waals surface area (Å²) in [5, 5.41) is 0. The van der Waals surface area contributed by atoms with Crippen LogP contribution in [0.25, 0.3) is 11.1 Å². The first-order valence-electron chi connectivity index (χ1n) is 11.8. The van der Waals surface area contributed by atoms with Crippen molar-refractivity contribution in [2.24, 2.45) is 0 Å². The highest BCUT2D eigenvalue weighted by atomic mass is 16.6. The summed E-state index contributed by atoms with van der Waals surface area (Å²) in [6.07, 6.45) is 7.74. The lowest BCUT2D eigenvalue weighted by molar-refractivity contribution is -0.165. The second kappa shape index (κ2) is 12.3. The van der Waals surface area contributed by atoms with E-state index in [2.05, 4.69) is 6.92 Å². The summed E-state index contributed by atoms with van der Waals surface area (Å²) in [6, 6.07) is 15.2. The van der Waals surface area contributed by atoms with Crippen molar-refractivity contribution in [3.63, 3.8) is 0 Å². The zero-order chi connectivity index (χ0) is 22.8. The summed E-state index contributed by atoms with van der Waals surface area (Å²) < 4.78 is 16.3. The van der Waals surface area contributed by atoms with Gasteiger partial charge < -0.3 is 14.2 Å². The summed E-state index contributed by atoms with van der Waals surface area (Å²) in [7, 11) is 0. The third-order valence-corrected chi connectivity index (χ3v) is 5.74. The molecule has 0 aliphatic carbocycles. The predicted octanol–water partition coefficient (Wildman–Crippen LogP) is 6.34. The second-order valence-corrected chi connectivity index (χ2v) is 8.44. The van der Waals surface area contributed by atoms with Gasteiger partial charge >= 0.3 is 11.9 Å². The number of esters is 2. The Labute approximate surface area is 191 Å². The molecule has 2 aromatic carbocycles. The van der Waals surface area contributed by atoms with Crippen LogP contribution in [0.15, 0.2) is 48.5 Å². The molecule has 1 aliphatic rings. The minimum Gasteiger partial charge on any atom is -0.494 e. The van der Waals surface area contributed by atoms with Gasteiger partial charge in [-0.15, -0.1) is 0 Å². The van der Waals surface area contributed by atoms with E-state index < -0.39 is 18.0 Å². The average Bonchev–Trinajstić information content (AvgIpc) is 2.81. The number of carbonyl (C=O) groups excluding carboxylic acids is 2. The molecule has 0 spiro atoms. The zero-order valence-corrected chi connectivity index (χ0v) is 19.2. The number of benzene rings is 2. The van der Waals surface area contributed by atoms with Crippen LogP contribution in [-0.2, 0) is 14.3 Å². The SMILES string of the molecule is CCCCCCCCOc1ccc(-c2ccc(C(=O)OC3CCC(C)OC3=O)cc2)cc1. The first-order valence-corrected chi connectivity index (χ1v) is 11.8. The van der Waals surface area contributed by atoms with E-state index >= 15 is 0 Å². The number of unbranched alkanes of at least 4 members (excludes halogenated alkanes) is 5. The Kier molecular flexibility index (Phi) is 9.14. The number of hydrogen-bond acceptors (Lipinski definition) is 5. The molecule has 0 radical (unpaired) electrons. The van der Waals surface area contributed by atoms with Crippen molar-refractivity contribution < 1.29 is 23.8 Å². The first-order chi connectivity index (χ1) is 15.6. The van der Waals surface area contributed by atoms with Gasteiger partial charge in [0.05, 0.1) is 18.3 Å². The van der Waals surface area contributed by atoms with Crippen LogP contribution in [0.3, 0.4) is 0 Å². The van der Waals surface area contributed by atoms with Crippen LogP contribution >= 0.6 is 0 Å². The molecule has 2 atom stereocenters. The molecule has 0 saturated carbocycles. The lowest BCUT2D eigenvalue weighted by atomic mass is 10.0. The van der Waals surface area contributed by atoms with Crippen LogP contribution in [0.5, 0.6) is 5.75 Å². The van der Waals surface area contributed by atoms with Gasteiger partial charge in [-0.25, -0.2) is 9.59 Å². The van der Waals surface area contributed by atoms with Crippen LogP contribution in [0.2, 0.25) is 0 Å². The van der Waals surface area contributed by atoms with Crippen LogP contribution in [0.1, 0.15) is 75.6 Å². The van der Waals surface area contributed by atoms with Crippen LogP contribution in [-0.4, -0.2) is 30.8 Å². The lowest BCUT2D eigenvalue weighted by Gasteiger charge is -2.25. The van der Waals surface area contributed by atoms with E-state index in [4.69, 9.17) is 14.2 Å². The maximum Gasteiger partial charge on any atom is 0.347 e. The lowest BCUT2D eigenvalue weighted by Crippen LogP contribution is -2.36. The summed E-state index contributed by atoms with van der Waals surface area (Å²) in [4.78, 5) is 24.2. The van der Waals surface area contributed by atoms with Gasteiger partial charge in [0, 0.05) is 0 Å². The highest BCUT2D eigenvalue weighted by molar-refractivity contribution is 5.92. The van der Waals surface area contributed by atoms with Crippen molar-refractivity contribution in [2.75, 3.05) is 6.61 Å². The predicted molar refractivity (Wildman–Crippen MR) is 125 cm³/mol. The van der Waals surface area contributed by atoms with Crippen molar-refractivity contribution in [2.45, 2.75) is 77.4 Å². The van der Waals surface area contributed by atoms with Gasteiger partial charge in [-0.05, 0) is 61.6 Å². The van der Waals surface area contributed by atoms with Crippen molar-refractivity contribution in [3.05, 3.63) is 54.1 Å². The summed E-state index contributed by atoms with van der Waals surface area (Å²) in [5.41, 5.74) is 2.45. The second-order valence-electron chi connectivity index (χ2n) is 8.44. The van der Waals surface area contributed by atoms with E-state index in [0.29, 0.717) is 18.4 Å². The highest BCUT2D eigenvalue weighted by Crippen LogP contribution is 2.24. The number of hydrogen-bond donors (Lipinski definition) is 0. The molecule has 1 saturated heterocycles. The molecule has 1 fully saturated rings. The minimum atomic E-state index is -0.817. The molecular weight excluding hydrogens is 404 g/mol. The normalized spacial score (nSPS) is 18.1. The molecule has 0 amide bonds. The third kappa shape index (κ3) is 7.11. The van der Waals surface area contributed by atoms with Gasteiger partial charge in [-0.2, -0.15) is 0 Å². The Morgan fingerprint density at radius 2 is 1.53 bits per heavy atom. The van der Waals surface area contributed by atoms with Crippen molar-refractivity contribution in [3.8, 4) is 16.9 Å². The molecular formula is C27H34O5. The van der Waals surface area contributed by atoms with E-state index in [9.17, 15) is 9.59 Å². The molecule has 5 nitrogen and oxygen atoms in total. The van der Waals surface area contributed by atoms with Gasteiger partial charge in [0.25, 0.3) is 0 Å². The smallest absolute Gasteiger partial charge is 0.347 e. The maximum atomic E-state index is 12.4. The Hall–Kier alpha value is -2.82. The molecule has 5 heteroatoms. The fourth-order valence-electron chi connectivity index (χ4n) is 3.76. The van der Waals surface area contributed by atoms with Gasteiger partial charge in [0.2, 0.25) is 0 Å².